The first-order chi connectivity index (χ1) is 7.18. The molecule has 1 aromatic rings. The van der Waals surface area contributed by atoms with Gasteiger partial charge in [-0.3, -0.25) is 4.68 Å². The predicted molar refractivity (Wildman–Crippen MR) is 59.5 cm³/mol. The van der Waals surface area contributed by atoms with Gasteiger partial charge in [0.05, 0.1) is 12.3 Å². The van der Waals surface area contributed by atoms with Crippen molar-refractivity contribution in [2.24, 2.45) is 13.0 Å². The number of nitrogens with zero attached hydrogens (tertiary/aromatic N) is 2. The first kappa shape index (κ1) is 10.7. The summed E-state index contributed by atoms with van der Waals surface area (Å²) in [6.45, 7) is 2.01. The van der Waals surface area contributed by atoms with E-state index < -0.39 is 0 Å². The van der Waals surface area contributed by atoms with E-state index in [0.717, 1.165) is 23.6 Å². The molecule has 1 atom stereocenters. The molecule has 15 heavy (non-hydrogen) atoms. The standard InChI is InChI=1S/C12H20N2O/c1-9-11(8-13-14(9)2)12(15)7-10-5-3-4-6-10/h8,10,12,15H,3-7H2,1-2H3. The molecule has 0 radical (unpaired) electrons. The van der Waals surface area contributed by atoms with Crippen molar-refractivity contribution in [3.8, 4) is 0 Å². The number of aliphatic hydroxyl groups is 1. The van der Waals surface area contributed by atoms with Crippen LogP contribution in [0, 0.1) is 12.8 Å². The van der Waals surface area contributed by atoms with Crippen LogP contribution < -0.4 is 0 Å². The zero-order valence-corrected chi connectivity index (χ0v) is 9.61. The first-order valence-corrected chi connectivity index (χ1v) is 5.85. The average Bonchev–Trinajstić information content (AvgIpc) is 2.79. The minimum Gasteiger partial charge on any atom is -0.388 e. The maximum Gasteiger partial charge on any atom is 0.0825 e. The van der Waals surface area contributed by atoms with Gasteiger partial charge in [0.15, 0.2) is 0 Å². The van der Waals surface area contributed by atoms with Crippen LogP contribution in [0.25, 0.3) is 0 Å². The summed E-state index contributed by atoms with van der Waals surface area (Å²) in [5.41, 5.74) is 2.09. The van der Waals surface area contributed by atoms with Gasteiger partial charge in [0, 0.05) is 18.3 Å². The fourth-order valence-electron chi connectivity index (χ4n) is 2.53. The third-order valence-electron chi connectivity index (χ3n) is 3.66. The normalized spacial score (nSPS) is 19.7. The molecular formula is C12H20N2O. The van der Waals surface area contributed by atoms with Crippen molar-refractivity contribution in [1.82, 2.24) is 9.78 Å². The number of aliphatic hydroxyl groups excluding tert-OH is 1. The highest BCUT2D eigenvalue weighted by Crippen LogP contribution is 2.33. The van der Waals surface area contributed by atoms with Gasteiger partial charge in [-0.25, -0.2) is 0 Å². The van der Waals surface area contributed by atoms with Crippen LogP contribution in [-0.4, -0.2) is 14.9 Å². The van der Waals surface area contributed by atoms with Gasteiger partial charge in [-0.05, 0) is 19.3 Å². The van der Waals surface area contributed by atoms with Crippen LogP contribution >= 0.6 is 0 Å². The third kappa shape index (κ3) is 2.23. The second-order valence-corrected chi connectivity index (χ2v) is 4.71. The van der Waals surface area contributed by atoms with Crippen LogP contribution in [0.15, 0.2) is 6.20 Å². The zero-order valence-electron chi connectivity index (χ0n) is 9.61. The number of aryl methyl sites for hydroxylation is 1. The molecule has 2 rings (SSSR count). The van der Waals surface area contributed by atoms with E-state index in [-0.39, 0.29) is 6.10 Å². The molecule has 0 spiro atoms. The molecule has 1 N–H and O–H groups in total. The van der Waals surface area contributed by atoms with Crippen molar-refractivity contribution in [1.29, 1.82) is 0 Å². The quantitative estimate of drug-likeness (QED) is 0.828. The highest BCUT2D eigenvalue weighted by atomic mass is 16.3. The first-order valence-electron chi connectivity index (χ1n) is 5.85. The molecule has 1 saturated carbocycles. The van der Waals surface area contributed by atoms with Crippen molar-refractivity contribution >= 4 is 0 Å². The van der Waals surface area contributed by atoms with E-state index in [4.69, 9.17) is 0 Å². The molecule has 3 heteroatoms. The van der Waals surface area contributed by atoms with Crippen LogP contribution in [0.5, 0.6) is 0 Å². The summed E-state index contributed by atoms with van der Waals surface area (Å²) in [5, 5.41) is 14.3. The van der Waals surface area contributed by atoms with Crippen molar-refractivity contribution in [3.63, 3.8) is 0 Å². The molecule has 1 aliphatic rings. The lowest BCUT2D eigenvalue weighted by Gasteiger charge is -2.14. The number of aromatic nitrogens is 2. The molecule has 0 aromatic carbocycles. The SMILES string of the molecule is Cc1c(C(O)CC2CCCC2)cnn1C. The maximum atomic E-state index is 10.1. The molecule has 0 aliphatic heterocycles. The smallest absolute Gasteiger partial charge is 0.0825 e. The van der Waals surface area contributed by atoms with Gasteiger partial charge in [-0.15, -0.1) is 0 Å². The molecule has 1 aliphatic carbocycles. The number of hydrogen-bond donors (Lipinski definition) is 1. The van der Waals surface area contributed by atoms with E-state index in [1.165, 1.54) is 25.7 Å². The summed E-state index contributed by atoms with van der Waals surface area (Å²) in [7, 11) is 1.92. The Labute approximate surface area is 91.1 Å². The molecule has 0 amide bonds. The zero-order chi connectivity index (χ0) is 10.8. The van der Waals surface area contributed by atoms with Gasteiger partial charge < -0.3 is 5.11 Å². The van der Waals surface area contributed by atoms with E-state index in [9.17, 15) is 5.11 Å². The minimum absolute atomic E-state index is 0.318. The van der Waals surface area contributed by atoms with Crippen LogP contribution in [0.1, 0.15) is 49.5 Å². The van der Waals surface area contributed by atoms with E-state index in [2.05, 4.69) is 5.10 Å². The highest BCUT2D eigenvalue weighted by molar-refractivity contribution is 5.18. The Morgan fingerprint density at radius 2 is 2.20 bits per heavy atom. The highest BCUT2D eigenvalue weighted by Gasteiger charge is 2.21. The molecule has 1 heterocycles. The third-order valence-corrected chi connectivity index (χ3v) is 3.66. The summed E-state index contributed by atoms with van der Waals surface area (Å²) >= 11 is 0. The lowest BCUT2D eigenvalue weighted by molar-refractivity contribution is 0.144. The van der Waals surface area contributed by atoms with Crippen molar-refractivity contribution in [2.45, 2.75) is 45.1 Å². The van der Waals surface area contributed by atoms with Crippen LogP contribution in [-0.2, 0) is 7.05 Å². The van der Waals surface area contributed by atoms with E-state index in [0.29, 0.717) is 0 Å². The Balaban J connectivity index is 2.00. The lowest BCUT2D eigenvalue weighted by atomic mass is 9.96. The molecule has 84 valence electrons. The number of hydrogen-bond acceptors (Lipinski definition) is 2. The molecule has 1 unspecified atom stereocenters. The van der Waals surface area contributed by atoms with Crippen molar-refractivity contribution in [2.75, 3.05) is 0 Å². The lowest BCUT2D eigenvalue weighted by Crippen LogP contribution is -2.05. The summed E-state index contributed by atoms with van der Waals surface area (Å²) < 4.78 is 1.83. The predicted octanol–water partition coefficient (Wildman–Crippen LogP) is 2.34. The van der Waals surface area contributed by atoms with Crippen molar-refractivity contribution in [3.05, 3.63) is 17.5 Å². The van der Waals surface area contributed by atoms with Crippen LogP contribution in [0.3, 0.4) is 0 Å². The van der Waals surface area contributed by atoms with Gasteiger partial charge in [0.2, 0.25) is 0 Å². The second-order valence-electron chi connectivity index (χ2n) is 4.71. The Hall–Kier alpha value is -0.830. The Bertz CT molecular complexity index is 326. The van der Waals surface area contributed by atoms with Gasteiger partial charge in [-0.1, -0.05) is 25.7 Å². The Kier molecular flexibility index (Phi) is 3.10. The molecule has 3 nitrogen and oxygen atoms in total. The molecule has 0 saturated heterocycles. The van der Waals surface area contributed by atoms with Gasteiger partial charge in [0.25, 0.3) is 0 Å². The molecule has 0 bridgehead atoms. The maximum absolute atomic E-state index is 10.1. The minimum atomic E-state index is -0.318. The molecule has 1 aromatic heterocycles. The van der Waals surface area contributed by atoms with Crippen LogP contribution in [0.4, 0.5) is 0 Å². The summed E-state index contributed by atoms with van der Waals surface area (Å²) in [4.78, 5) is 0. The average molecular weight is 208 g/mol. The van der Waals surface area contributed by atoms with Gasteiger partial charge in [-0.2, -0.15) is 5.10 Å². The van der Waals surface area contributed by atoms with Crippen molar-refractivity contribution < 1.29 is 5.11 Å². The van der Waals surface area contributed by atoms with Crippen LogP contribution in [0.2, 0.25) is 0 Å². The van der Waals surface area contributed by atoms with E-state index in [1.54, 1.807) is 6.20 Å². The largest absolute Gasteiger partial charge is 0.388 e. The topological polar surface area (TPSA) is 38.1 Å². The molecular weight excluding hydrogens is 188 g/mol. The van der Waals surface area contributed by atoms with Gasteiger partial charge >= 0.3 is 0 Å². The van der Waals surface area contributed by atoms with E-state index >= 15 is 0 Å². The summed E-state index contributed by atoms with van der Waals surface area (Å²) in [6.07, 6.45) is 7.64. The number of rotatable bonds is 3. The second kappa shape index (κ2) is 4.35. The summed E-state index contributed by atoms with van der Waals surface area (Å²) in [6, 6.07) is 0. The molecule has 1 fully saturated rings. The Morgan fingerprint density at radius 3 is 2.73 bits per heavy atom. The van der Waals surface area contributed by atoms with E-state index in [1.807, 2.05) is 18.7 Å². The monoisotopic (exact) mass is 208 g/mol. The Morgan fingerprint density at radius 1 is 1.53 bits per heavy atom. The fourth-order valence-corrected chi connectivity index (χ4v) is 2.53. The summed E-state index contributed by atoms with van der Waals surface area (Å²) in [5.74, 6) is 0.722. The fraction of sp³-hybridized carbons (Fsp3) is 0.750. The van der Waals surface area contributed by atoms with Gasteiger partial charge in [0.1, 0.15) is 0 Å².